The van der Waals surface area contributed by atoms with Crippen molar-refractivity contribution >= 4 is 5.97 Å². The molecule has 1 aromatic rings. The summed E-state index contributed by atoms with van der Waals surface area (Å²) in [5.74, 6) is -0.820. The molecule has 88 valence electrons. The van der Waals surface area contributed by atoms with Crippen molar-refractivity contribution in [1.82, 2.24) is 0 Å². The Kier molecular flexibility index (Phi) is 3.76. The van der Waals surface area contributed by atoms with Gasteiger partial charge in [-0.3, -0.25) is 0 Å². The van der Waals surface area contributed by atoms with E-state index in [1.807, 2.05) is 0 Å². The molecular formula is C10H9F3O3. The van der Waals surface area contributed by atoms with Crippen molar-refractivity contribution in [3.05, 3.63) is 29.8 Å². The van der Waals surface area contributed by atoms with Gasteiger partial charge in [0.25, 0.3) is 0 Å². The summed E-state index contributed by atoms with van der Waals surface area (Å²) in [6.45, 7) is -1.91. The Morgan fingerprint density at radius 1 is 1.31 bits per heavy atom. The highest BCUT2D eigenvalue weighted by Gasteiger charge is 2.31. The van der Waals surface area contributed by atoms with E-state index in [4.69, 9.17) is 0 Å². The van der Waals surface area contributed by atoms with Crippen LogP contribution in [0.4, 0.5) is 13.2 Å². The lowest BCUT2D eigenvalue weighted by molar-refractivity contribution is -0.186. The van der Waals surface area contributed by atoms with Gasteiger partial charge in [-0.1, -0.05) is 0 Å². The molecule has 0 bridgehead atoms. The van der Waals surface area contributed by atoms with Crippen LogP contribution in [-0.4, -0.2) is 25.9 Å². The summed E-state index contributed by atoms with van der Waals surface area (Å²) in [6, 6.07) is 4.76. The Balaban J connectivity index is 2.76. The molecule has 0 radical (unpaired) electrons. The molecule has 0 saturated heterocycles. The predicted octanol–water partition coefficient (Wildman–Crippen LogP) is 2.41. The van der Waals surface area contributed by atoms with Crippen LogP contribution in [0.15, 0.2) is 24.3 Å². The van der Waals surface area contributed by atoms with Crippen molar-refractivity contribution in [2.24, 2.45) is 0 Å². The maximum atomic E-state index is 12.5. The maximum absolute atomic E-state index is 12.5. The first-order valence-corrected chi connectivity index (χ1v) is 4.29. The molecular weight excluding hydrogens is 225 g/mol. The highest BCUT2D eigenvalue weighted by atomic mass is 19.3. The highest BCUT2D eigenvalue weighted by Crippen LogP contribution is 2.22. The van der Waals surface area contributed by atoms with Gasteiger partial charge in [0.15, 0.2) is 6.67 Å². The molecule has 0 spiro atoms. The Morgan fingerprint density at radius 2 is 1.88 bits per heavy atom. The number of rotatable bonds is 4. The van der Waals surface area contributed by atoms with Crippen molar-refractivity contribution in [3.63, 3.8) is 0 Å². The van der Waals surface area contributed by atoms with Crippen molar-refractivity contribution in [3.8, 4) is 5.75 Å². The number of ether oxygens (including phenoxy) is 2. The molecule has 3 nitrogen and oxygen atoms in total. The van der Waals surface area contributed by atoms with Gasteiger partial charge in [0.1, 0.15) is 5.75 Å². The molecule has 0 fully saturated rings. The van der Waals surface area contributed by atoms with Crippen molar-refractivity contribution in [2.75, 3.05) is 13.8 Å². The van der Waals surface area contributed by atoms with Crippen LogP contribution in [-0.2, 0) is 4.74 Å². The minimum Gasteiger partial charge on any atom is -0.465 e. The number of carbonyl (C=O) groups is 1. The fourth-order valence-electron chi connectivity index (χ4n) is 0.977. The Hall–Kier alpha value is -1.72. The molecule has 16 heavy (non-hydrogen) atoms. The summed E-state index contributed by atoms with van der Waals surface area (Å²) < 4.78 is 45.2. The van der Waals surface area contributed by atoms with Gasteiger partial charge >= 0.3 is 12.1 Å². The van der Waals surface area contributed by atoms with Crippen LogP contribution in [0.25, 0.3) is 0 Å². The molecule has 0 N–H and O–H groups in total. The lowest BCUT2D eigenvalue weighted by Gasteiger charge is -2.14. The third-order valence-corrected chi connectivity index (χ3v) is 1.70. The third kappa shape index (κ3) is 3.15. The summed E-state index contributed by atoms with van der Waals surface area (Å²) in [4.78, 5) is 11.0. The van der Waals surface area contributed by atoms with Crippen molar-refractivity contribution in [1.29, 1.82) is 0 Å². The molecule has 0 aliphatic heterocycles. The fraction of sp³-hybridized carbons (Fsp3) is 0.300. The zero-order chi connectivity index (χ0) is 12.2. The standard InChI is InChI=1S/C10H9F3O3/c1-15-9(14)7-2-4-8(5-3-7)16-10(12,13)6-11/h2-5H,6H2,1H3. The predicted molar refractivity (Wildman–Crippen MR) is 49.3 cm³/mol. The summed E-state index contributed by atoms with van der Waals surface area (Å²) in [6.07, 6.45) is -3.85. The molecule has 0 heterocycles. The molecule has 0 saturated carbocycles. The summed E-state index contributed by atoms with van der Waals surface area (Å²) in [5, 5.41) is 0. The Labute approximate surface area is 89.8 Å². The van der Waals surface area contributed by atoms with Crippen LogP contribution in [0.2, 0.25) is 0 Å². The first-order valence-electron chi connectivity index (χ1n) is 4.29. The van der Waals surface area contributed by atoms with Crippen LogP contribution in [0.3, 0.4) is 0 Å². The van der Waals surface area contributed by atoms with Crippen molar-refractivity contribution < 1.29 is 27.4 Å². The minimum absolute atomic E-state index is 0.193. The molecule has 0 amide bonds. The van der Waals surface area contributed by atoms with E-state index in [0.29, 0.717) is 0 Å². The van der Waals surface area contributed by atoms with E-state index >= 15 is 0 Å². The largest absolute Gasteiger partial charge is 0.465 e. The number of esters is 1. The van der Waals surface area contributed by atoms with Gasteiger partial charge in [-0.05, 0) is 24.3 Å². The molecule has 0 aliphatic carbocycles. The smallest absolute Gasteiger partial charge is 0.427 e. The van der Waals surface area contributed by atoms with Gasteiger partial charge in [-0.25, -0.2) is 9.18 Å². The highest BCUT2D eigenvalue weighted by molar-refractivity contribution is 5.89. The van der Waals surface area contributed by atoms with Crippen LogP contribution in [0.1, 0.15) is 10.4 Å². The number of carbonyl (C=O) groups excluding carboxylic acids is 1. The van der Waals surface area contributed by atoms with E-state index in [1.165, 1.54) is 19.2 Å². The molecule has 0 aromatic heterocycles. The zero-order valence-electron chi connectivity index (χ0n) is 8.38. The zero-order valence-corrected chi connectivity index (χ0v) is 8.38. The third-order valence-electron chi connectivity index (χ3n) is 1.70. The SMILES string of the molecule is COC(=O)c1ccc(OC(F)(F)CF)cc1. The van der Waals surface area contributed by atoms with Crippen LogP contribution in [0, 0.1) is 0 Å². The quantitative estimate of drug-likeness (QED) is 0.750. The number of hydrogen-bond donors (Lipinski definition) is 0. The first kappa shape index (κ1) is 12.4. The Morgan fingerprint density at radius 3 is 2.31 bits per heavy atom. The van der Waals surface area contributed by atoms with E-state index in [-0.39, 0.29) is 11.3 Å². The van der Waals surface area contributed by atoms with Gasteiger partial charge in [0.05, 0.1) is 12.7 Å². The van der Waals surface area contributed by atoms with Gasteiger partial charge in [0, 0.05) is 0 Å². The second-order valence-electron chi connectivity index (χ2n) is 2.89. The summed E-state index contributed by atoms with van der Waals surface area (Å²) >= 11 is 0. The molecule has 1 aromatic carbocycles. The van der Waals surface area contributed by atoms with E-state index in [0.717, 1.165) is 12.1 Å². The topological polar surface area (TPSA) is 35.5 Å². The number of halogens is 3. The number of benzene rings is 1. The molecule has 0 aliphatic rings. The Bertz CT molecular complexity index is 362. The summed E-state index contributed by atoms with van der Waals surface area (Å²) in [5.41, 5.74) is 0.193. The fourth-order valence-corrected chi connectivity index (χ4v) is 0.977. The van der Waals surface area contributed by atoms with Gasteiger partial charge in [0.2, 0.25) is 0 Å². The average molecular weight is 234 g/mol. The number of alkyl halides is 3. The van der Waals surface area contributed by atoms with E-state index in [1.54, 1.807) is 0 Å². The van der Waals surface area contributed by atoms with E-state index < -0.39 is 18.8 Å². The summed E-state index contributed by atoms with van der Waals surface area (Å²) in [7, 11) is 1.20. The monoisotopic (exact) mass is 234 g/mol. The van der Waals surface area contributed by atoms with Gasteiger partial charge < -0.3 is 9.47 Å². The van der Waals surface area contributed by atoms with Crippen LogP contribution >= 0.6 is 0 Å². The normalized spacial score (nSPS) is 11.0. The van der Waals surface area contributed by atoms with Crippen molar-refractivity contribution in [2.45, 2.75) is 6.11 Å². The van der Waals surface area contributed by atoms with E-state index in [2.05, 4.69) is 9.47 Å². The average Bonchev–Trinajstić information content (AvgIpc) is 2.28. The maximum Gasteiger partial charge on any atom is 0.427 e. The van der Waals surface area contributed by atoms with Crippen LogP contribution < -0.4 is 4.74 Å². The first-order chi connectivity index (χ1) is 7.48. The number of methoxy groups -OCH3 is 1. The number of hydrogen-bond acceptors (Lipinski definition) is 3. The molecule has 1 rings (SSSR count). The lowest BCUT2D eigenvalue weighted by atomic mass is 10.2. The van der Waals surface area contributed by atoms with Gasteiger partial charge in [-0.15, -0.1) is 0 Å². The lowest BCUT2D eigenvalue weighted by Crippen LogP contribution is -2.26. The second-order valence-corrected chi connectivity index (χ2v) is 2.89. The molecule has 0 atom stereocenters. The molecule has 0 unspecified atom stereocenters. The van der Waals surface area contributed by atoms with Gasteiger partial charge in [-0.2, -0.15) is 8.78 Å². The van der Waals surface area contributed by atoms with E-state index in [9.17, 15) is 18.0 Å². The molecule has 6 heteroatoms. The minimum atomic E-state index is -3.85. The second kappa shape index (κ2) is 4.87. The van der Waals surface area contributed by atoms with Crippen LogP contribution in [0.5, 0.6) is 5.75 Å².